The van der Waals surface area contributed by atoms with Gasteiger partial charge in [-0.05, 0) is 25.2 Å². The highest BCUT2D eigenvalue weighted by Gasteiger charge is 2.38. The van der Waals surface area contributed by atoms with Crippen molar-refractivity contribution in [2.24, 2.45) is 17.6 Å². The van der Waals surface area contributed by atoms with E-state index in [4.69, 9.17) is 30.4 Å². The average molecular weight is 779 g/mol. The second kappa shape index (κ2) is 25.5. The monoisotopic (exact) mass is 779 g/mol. The van der Waals surface area contributed by atoms with Gasteiger partial charge in [0, 0.05) is 25.2 Å². The van der Waals surface area contributed by atoms with E-state index in [0.717, 1.165) is 19.3 Å². The molecule has 0 aliphatic carbocycles. The summed E-state index contributed by atoms with van der Waals surface area (Å²) in [5, 5.41) is 0. The number of imidazole rings is 1. The molecule has 0 spiro atoms. The van der Waals surface area contributed by atoms with E-state index in [-0.39, 0.29) is 67.6 Å². The van der Waals surface area contributed by atoms with Gasteiger partial charge in [0.25, 0.3) is 5.56 Å². The van der Waals surface area contributed by atoms with E-state index >= 15 is 0 Å². The van der Waals surface area contributed by atoms with Crippen LogP contribution in [0.25, 0.3) is 11.2 Å². The minimum Gasteiger partial charge on any atom is -0.465 e. The molecule has 0 saturated carbocycles. The highest BCUT2D eigenvalue weighted by Crippen LogP contribution is 2.32. The summed E-state index contributed by atoms with van der Waals surface area (Å²) in [5.41, 5.74) is 11.3. The predicted octanol–water partition coefficient (Wildman–Crippen LogP) is 6.99. The Kier molecular flexibility index (Phi) is 21.3. The molecule has 1 saturated heterocycles. The second-order valence-corrected chi connectivity index (χ2v) is 15.4. The Bertz CT molecular complexity index is 1490. The van der Waals surface area contributed by atoms with Crippen molar-refractivity contribution in [2.45, 2.75) is 174 Å². The molecule has 15 heteroatoms. The number of carbonyl (C=O) groups excluding carboxylic acids is 3. The highest BCUT2D eigenvalue weighted by atomic mass is 19.1. The summed E-state index contributed by atoms with van der Waals surface area (Å²) in [7, 11) is 0. The lowest BCUT2D eigenvalue weighted by molar-refractivity contribution is -0.152. The van der Waals surface area contributed by atoms with Crippen LogP contribution < -0.4 is 17.0 Å². The van der Waals surface area contributed by atoms with E-state index in [1.807, 2.05) is 13.8 Å². The van der Waals surface area contributed by atoms with Gasteiger partial charge in [0.15, 0.2) is 11.2 Å². The van der Waals surface area contributed by atoms with Crippen molar-refractivity contribution in [1.82, 2.24) is 19.5 Å². The molecule has 0 radical (unpaired) electrons. The van der Waals surface area contributed by atoms with Gasteiger partial charge in [-0.2, -0.15) is 4.98 Å². The van der Waals surface area contributed by atoms with Crippen LogP contribution in [0.1, 0.15) is 155 Å². The van der Waals surface area contributed by atoms with Gasteiger partial charge < -0.3 is 30.4 Å². The molecular formula is C40H67FN6O8. The largest absolute Gasteiger partial charge is 0.465 e. The summed E-state index contributed by atoms with van der Waals surface area (Å²) in [6, 6.07) is -0.774. The summed E-state index contributed by atoms with van der Waals surface area (Å²) >= 11 is 0. The summed E-state index contributed by atoms with van der Waals surface area (Å²) < 4.78 is 38.5. The number of esters is 3. The first-order valence-corrected chi connectivity index (χ1v) is 20.7. The molecule has 312 valence electrons. The fraction of sp³-hybridized carbons (Fsp3) is 0.800. The molecule has 3 rings (SSSR count). The number of unbranched alkanes of at least 4 members (excludes halogenated alkanes) is 14. The molecule has 1 fully saturated rings. The van der Waals surface area contributed by atoms with Crippen LogP contribution in [0.5, 0.6) is 0 Å². The standard InChI is InChI=1S/C40H67FN6O8/c1-4-5-6-7-8-9-10-11-12-13-14-15-16-17-18-21-33(48)52-24-29(25-54-39(51)35(42)28(2)3)20-19-22-34(49)53-26-31-30(41)23-32(55-31)47-27-44-36-37(47)45-40(43)46-38(36)50/h27-32,35H,4-26,42H2,1-3H3,(H3,43,45,46,50)/t29?,30?,31-,32-,35+/m1/s1. The number of H-pyrrole nitrogens is 1. The number of aromatic nitrogens is 4. The van der Waals surface area contributed by atoms with Gasteiger partial charge in [-0.3, -0.25) is 28.7 Å². The molecule has 5 atom stereocenters. The fourth-order valence-electron chi connectivity index (χ4n) is 6.65. The molecule has 0 bridgehead atoms. The molecule has 3 heterocycles. The number of carbonyl (C=O) groups is 3. The number of anilines is 1. The van der Waals surface area contributed by atoms with Gasteiger partial charge in [0.1, 0.15) is 31.2 Å². The van der Waals surface area contributed by atoms with Gasteiger partial charge in [0.2, 0.25) is 5.95 Å². The Morgan fingerprint density at radius 1 is 0.891 bits per heavy atom. The number of hydrogen-bond acceptors (Lipinski definition) is 12. The molecule has 2 aromatic rings. The van der Waals surface area contributed by atoms with Crippen LogP contribution in [-0.4, -0.2) is 75.6 Å². The van der Waals surface area contributed by atoms with Gasteiger partial charge in [0.05, 0.1) is 19.5 Å². The maximum absolute atomic E-state index is 14.9. The maximum Gasteiger partial charge on any atom is 0.323 e. The van der Waals surface area contributed by atoms with Crippen molar-refractivity contribution in [3.63, 3.8) is 0 Å². The quantitative estimate of drug-likeness (QED) is 0.0435. The molecule has 2 aromatic heterocycles. The van der Waals surface area contributed by atoms with E-state index in [9.17, 15) is 23.6 Å². The third-order valence-electron chi connectivity index (χ3n) is 10.2. The first-order valence-electron chi connectivity index (χ1n) is 20.7. The Morgan fingerprint density at radius 2 is 1.45 bits per heavy atom. The maximum atomic E-state index is 14.9. The van der Waals surface area contributed by atoms with Gasteiger partial charge >= 0.3 is 17.9 Å². The first-order chi connectivity index (χ1) is 26.5. The smallest absolute Gasteiger partial charge is 0.323 e. The minimum atomic E-state index is -1.44. The highest BCUT2D eigenvalue weighted by molar-refractivity contribution is 5.75. The summed E-state index contributed by atoms with van der Waals surface area (Å²) in [5.74, 6) is -1.92. The SMILES string of the molecule is CCCCCCCCCCCCCCCCCC(=O)OCC(CCCC(=O)OC[C@H]1O[C@@H](n2cnc3c(=O)[nH]c(N)nc32)CC1F)COC(=O)[C@@H](N)C(C)C. The molecule has 0 amide bonds. The number of halogens is 1. The lowest BCUT2D eigenvalue weighted by Gasteiger charge is -2.20. The number of nitrogen functional groups attached to an aromatic ring is 1. The van der Waals surface area contributed by atoms with E-state index in [1.165, 1.54) is 87.9 Å². The normalized spacial score (nSPS) is 18.1. The lowest BCUT2D eigenvalue weighted by Crippen LogP contribution is -2.38. The van der Waals surface area contributed by atoms with Gasteiger partial charge in [-0.1, -0.05) is 111 Å². The molecule has 1 aliphatic rings. The number of hydrogen-bond donors (Lipinski definition) is 3. The molecule has 55 heavy (non-hydrogen) atoms. The zero-order valence-electron chi connectivity index (χ0n) is 33.4. The Morgan fingerprint density at radius 3 is 2.07 bits per heavy atom. The van der Waals surface area contributed by atoms with Crippen LogP contribution in [0.4, 0.5) is 10.3 Å². The van der Waals surface area contributed by atoms with E-state index in [0.29, 0.717) is 19.3 Å². The number of aromatic amines is 1. The molecule has 14 nitrogen and oxygen atoms in total. The van der Waals surface area contributed by atoms with Crippen LogP contribution >= 0.6 is 0 Å². The predicted molar refractivity (Wildman–Crippen MR) is 209 cm³/mol. The number of nitrogens with zero attached hydrogens (tertiary/aromatic N) is 3. The number of fused-ring (bicyclic) bond motifs is 1. The van der Waals surface area contributed by atoms with Crippen molar-refractivity contribution in [1.29, 1.82) is 0 Å². The van der Waals surface area contributed by atoms with Gasteiger partial charge in [-0.25, -0.2) is 9.37 Å². The number of nitrogens with two attached hydrogens (primary N) is 2. The summed E-state index contributed by atoms with van der Waals surface area (Å²) in [4.78, 5) is 60.1. The number of alkyl halides is 1. The van der Waals surface area contributed by atoms with Crippen molar-refractivity contribution in [2.75, 3.05) is 25.6 Å². The Labute approximate surface area is 325 Å². The third-order valence-corrected chi connectivity index (χ3v) is 10.2. The number of nitrogens with one attached hydrogen (secondary N) is 1. The fourth-order valence-corrected chi connectivity index (χ4v) is 6.65. The van der Waals surface area contributed by atoms with E-state index in [2.05, 4.69) is 21.9 Å². The number of ether oxygens (including phenoxy) is 4. The van der Waals surface area contributed by atoms with Crippen molar-refractivity contribution in [3.05, 3.63) is 16.7 Å². The van der Waals surface area contributed by atoms with Crippen LogP contribution in [0, 0.1) is 11.8 Å². The minimum absolute atomic E-state index is 0.00329. The van der Waals surface area contributed by atoms with Crippen LogP contribution in [0.15, 0.2) is 11.1 Å². The van der Waals surface area contributed by atoms with Crippen LogP contribution in [0.2, 0.25) is 0 Å². The number of rotatable bonds is 29. The van der Waals surface area contributed by atoms with Crippen LogP contribution in [0.3, 0.4) is 0 Å². The van der Waals surface area contributed by atoms with E-state index < -0.39 is 42.0 Å². The molecule has 2 unspecified atom stereocenters. The summed E-state index contributed by atoms with van der Waals surface area (Å²) in [6.45, 7) is 5.65. The lowest BCUT2D eigenvalue weighted by atomic mass is 10.0. The molecule has 0 aromatic carbocycles. The average Bonchev–Trinajstić information content (AvgIpc) is 3.75. The Balaban J connectivity index is 1.32. The molecular weight excluding hydrogens is 711 g/mol. The van der Waals surface area contributed by atoms with E-state index in [1.54, 1.807) is 0 Å². The topological polar surface area (TPSA) is 204 Å². The van der Waals surface area contributed by atoms with Gasteiger partial charge in [-0.15, -0.1) is 0 Å². The third kappa shape index (κ3) is 17.0. The van der Waals surface area contributed by atoms with Crippen LogP contribution in [-0.2, 0) is 33.3 Å². The molecule has 5 N–H and O–H groups in total. The second-order valence-electron chi connectivity index (χ2n) is 15.4. The summed E-state index contributed by atoms with van der Waals surface area (Å²) in [6.07, 6.45) is 17.8. The van der Waals surface area contributed by atoms with Crippen molar-refractivity contribution >= 4 is 35.0 Å². The molecule has 1 aliphatic heterocycles. The zero-order valence-corrected chi connectivity index (χ0v) is 33.4. The Hall–Kier alpha value is -3.59. The zero-order chi connectivity index (χ0) is 40.0. The van der Waals surface area contributed by atoms with Crippen molar-refractivity contribution in [3.8, 4) is 0 Å². The first kappa shape index (κ1) is 45.8. The van der Waals surface area contributed by atoms with Crippen molar-refractivity contribution < 1.29 is 37.7 Å².